The molecule has 22 heavy (non-hydrogen) atoms. The van der Waals surface area contributed by atoms with Gasteiger partial charge < -0.3 is 0 Å². The smallest absolute Gasteiger partial charge is 0.282 e. The molecule has 0 aliphatic carbocycles. The maximum absolute atomic E-state index is 12.2. The van der Waals surface area contributed by atoms with Crippen molar-refractivity contribution < 1.29 is 21.4 Å². The quantitative estimate of drug-likeness (QED) is 0.831. The molecule has 0 saturated heterocycles. The highest BCUT2D eigenvalue weighted by Gasteiger charge is 2.17. The lowest BCUT2D eigenvalue weighted by Gasteiger charge is -2.10. The highest BCUT2D eigenvalue weighted by molar-refractivity contribution is 7.92. The molecule has 0 aromatic heterocycles. The molecule has 0 aliphatic rings. The standard InChI is InChI=1S/C14H15NO5S2/c1-10-3-6-13(7-4-10)21(16,17)15-12-5-8-14(11(2)9-12)22(18,19)20/h3-9,15H,1-2H3,(H,18,19,20). The average molecular weight is 341 g/mol. The largest absolute Gasteiger partial charge is 0.294 e. The van der Waals surface area contributed by atoms with Gasteiger partial charge in [0.2, 0.25) is 0 Å². The molecule has 2 aromatic carbocycles. The molecule has 0 saturated carbocycles. The third kappa shape index (κ3) is 3.65. The van der Waals surface area contributed by atoms with Crippen molar-refractivity contribution in [3.63, 3.8) is 0 Å². The summed E-state index contributed by atoms with van der Waals surface area (Å²) in [5, 5.41) is 0. The molecule has 0 amide bonds. The lowest BCUT2D eigenvalue weighted by Crippen LogP contribution is -2.13. The first-order valence-electron chi connectivity index (χ1n) is 6.27. The molecule has 6 nitrogen and oxygen atoms in total. The number of rotatable bonds is 4. The van der Waals surface area contributed by atoms with Crippen molar-refractivity contribution in [1.82, 2.24) is 0 Å². The maximum Gasteiger partial charge on any atom is 0.294 e. The molecule has 2 rings (SSSR count). The second-order valence-corrected chi connectivity index (χ2v) is 7.95. The number of hydrogen-bond donors (Lipinski definition) is 2. The second-order valence-electron chi connectivity index (χ2n) is 4.87. The lowest BCUT2D eigenvalue weighted by atomic mass is 10.2. The van der Waals surface area contributed by atoms with Gasteiger partial charge in [0.25, 0.3) is 20.1 Å². The summed E-state index contributed by atoms with van der Waals surface area (Å²) >= 11 is 0. The third-order valence-electron chi connectivity index (χ3n) is 3.04. The fraction of sp³-hybridized carbons (Fsp3) is 0.143. The van der Waals surface area contributed by atoms with Gasteiger partial charge in [-0.15, -0.1) is 0 Å². The van der Waals surface area contributed by atoms with E-state index in [-0.39, 0.29) is 21.0 Å². The van der Waals surface area contributed by atoms with Gasteiger partial charge in [-0.1, -0.05) is 17.7 Å². The van der Waals surface area contributed by atoms with Gasteiger partial charge in [-0.2, -0.15) is 8.42 Å². The summed E-state index contributed by atoms with van der Waals surface area (Å²) in [6.07, 6.45) is 0. The van der Waals surface area contributed by atoms with Crippen molar-refractivity contribution in [2.45, 2.75) is 23.6 Å². The predicted molar refractivity (Wildman–Crippen MR) is 83.0 cm³/mol. The highest BCUT2D eigenvalue weighted by Crippen LogP contribution is 2.22. The molecular weight excluding hydrogens is 326 g/mol. The van der Waals surface area contributed by atoms with Crippen LogP contribution in [0.2, 0.25) is 0 Å². The minimum Gasteiger partial charge on any atom is -0.282 e. The zero-order chi connectivity index (χ0) is 16.5. The van der Waals surface area contributed by atoms with Crippen molar-refractivity contribution in [2.24, 2.45) is 0 Å². The van der Waals surface area contributed by atoms with Gasteiger partial charge in [-0.05, 0) is 49.7 Å². The molecule has 2 aromatic rings. The summed E-state index contributed by atoms with van der Waals surface area (Å²) < 4.78 is 58.1. The molecule has 0 fully saturated rings. The van der Waals surface area contributed by atoms with E-state index in [1.807, 2.05) is 6.92 Å². The van der Waals surface area contributed by atoms with E-state index in [9.17, 15) is 16.8 Å². The minimum atomic E-state index is -4.33. The van der Waals surface area contributed by atoms with Crippen LogP contribution in [-0.4, -0.2) is 21.4 Å². The number of nitrogens with one attached hydrogen (secondary N) is 1. The molecule has 0 spiro atoms. The Balaban J connectivity index is 2.35. The van der Waals surface area contributed by atoms with Crippen LogP contribution in [0.3, 0.4) is 0 Å². The van der Waals surface area contributed by atoms with E-state index < -0.39 is 20.1 Å². The summed E-state index contributed by atoms with van der Waals surface area (Å²) in [5.74, 6) is 0. The van der Waals surface area contributed by atoms with Crippen LogP contribution < -0.4 is 4.72 Å². The zero-order valence-electron chi connectivity index (χ0n) is 11.9. The monoisotopic (exact) mass is 341 g/mol. The normalized spacial score (nSPS) is 12.1. The van der Waals surface area contributed by atoms with Gasteiger partial charge in [0.05, 0.1) is 9.79 Å². The molecule has 118 valence electrons. The summed E-state index contributed by atoms with van der Waals surface area (Å²) in [6, 6.07) is 10.1. The Morgan fingerprint density at radius 1 is 0.909 bits per heavy atom. The van der Waals surface area contributed by atoms with Gasteiger partial charge in [-0.25, -0.2) is 8.42 Å². The topological polar surface area (TPSA) is 101 Å². The zero-order valence-corrected chi connectivity index (χ0v) is 13.6. The SMILES string of the molecule is Cc1ccc(S(=O)(=O)Nc2ccc(S(=O)(=O)O)c(C)c2)cc1. The Kier molecular flexibility index (Phi) is 4.28. The van der Waals surface area contributed by atoms with Crippen molar-refractivity contribution in [2.75, 3.05) is 4.72 Å². The molecule has 2 N–H and O–H groups in total. The van der Waals surface area contributed by atoms with E-state index in [2.05, 4.69) is 4.72 Å². The van der Waals surface area contributed by atoms with Crippen molar-refractivity contribution in [3.05, 3.63) is 53.6 Å². The average Bonchev–Trinajstić information content (AvgIpc) is 2.37. The van der Waals surface area contributed by atoms with Gasteiger partial charge in [0.15, 0.2) is 0 Å². The van der Waals surface area contributed by atoms with Crippen LogP contribution in [0.4, 0.5) is 5.69 Å². The van der Waals surface area contributed by atoms with E-state index in [4.69, 9.17) is 4.55 Å². The number of hydrogen-bond acceptors (Lipinski definition) is 4. The van der Waals surface area contributed by atoms with E-state index in [1.165, 1.54) is 31.2 Å². The van der Waals surface area contributed by atoms with E-state index in [1.54, 1.807) is 12.1 Å². The maximum atomic E-state index is 12.2. The lowest BCUT2D eigenvalue weighted by molar-refractivity contribution is 0.482. The molecular formula is C14H15NO5S2. The van der Waals surface area contributed by atoms with Crippen LogP contribution in [0.25, 0.3) is 0 Å². The minimum absolute atomic E-state index is 0.106. The molecule has 0 bridgehead atoms. The fourth-order valence-electron chi connectivity index (χ4n) is 1.93. The van der Waals surface area contributed by atoms with E-state index in [0.29, 0.717) is 0 Å². The molecule has 0 unspecified atom stereocenters. The summed E-state index contributed by atoms with van der Waals surface area (Å²) in [5.41, 5.74) is 1.39. The van der Waals surface area contributed by atoms with Crippen LogP contribution in [0.1, 0.15) is 11.1 Å². The summed E-state index contributed by atoms with van der Waals surface area (Å²) in [7, 11) is -8.09. The second kappa shape index (κ2) is 5.71. The Bertz CT molecular complexity index is 901. The first kappa shape index (κ1) is 16.5. The Morgan fingerprint density at radius 2 is 1.50 bits per heavy atom. The van der Waals surface area contributed by atoms with Crippen LogP contribution in [0.15, 0.2) is 52.3 Å². The third-order valence-corrected chi connectivity index (χ3v) is 5.45. The van der Waals surface area contributed by atoms with Crippen molar-refractivity contribution >= 4 is 25.8 Å². The summed E-state index contributed by atoms with van der Waals surface area (Å²) in [6.45, 7) is 3.31. The summed E-state index contributed by atoms with van der Waals surface area (Å²) in [4.78, 5) is -0.152. The van der Waals surface area contributed by atoms with Crippen LogP contribution in [-0.2, 0) is 20.1 Å². The predicted octanol–water partition coefficient (Wildman–Crippen LogP) is 2.35. The fourth-order valence-corrected chi connectivity index (χ4v) is 3.69. The van der Waals surface area contributed by atoms with Crippen LogP contribution in [0.5, 0.6) is 0 Å². The number of aryl methyl sites for hydroxylation is 2. The first-order chi connectivity index (χ1) is 10.1. The Hall–Kier alpha value is -1.90. The highest BCUT2D eigenvalue weighted by atomic mass is 32.2. The van der Waals surface area contributed by atoms with Gasteiger partial charge in [0, 0.05) is 5.69 Å². The molecule has 0 aliphatic heterocycles. The molecule has 0 radical (unpaired) electrons. The first-order valence-corrected chi connectivity index (χ1v) is 9.19. The van der Waals surface area contributed by atoms with Gasteiger partial charge in [-0.3, -0.25) is 9.27 Å². The van der Waals surface area contributed by atoms with Crippen molar-refractivity contribution in [1.29, 1.82) is 0 Å². The number of benzene rings is 2. The van der Waals surface area contributed by atoms with Crippen LogP contribution >= 0.6 is 0 Å². The number of anilines is 1. The molecule has 0 atom stereocenters. The van der Waals surface area contributed by atoms with E-state index >= 15 is 0 Å². The van der Waals surface area contributed by atoms with Crippen LogP contribution in [0, 0.1) is 13.8 Å². The van der Waals surface area contributed by atoms with Gasteiger partial charge >= 0.3 is 0 Å². The molecule has 0 heterocycles. The molecule has 8 heteroatoms. The van der Waals surface area contributed by atoms with Gasteiger partial charge in [0.1, 0.15) is 0 Å². The van der Waals surface area contributed by atoms with Crippen molar-refractivity contribution in [3.8, 4) is 0 Å². The Morgan fingerprint density at radius 3 is 2.00 bits per heavy atom. The Labute approximate surface area is 129 Å². The number of sulfonamides is 1. The van der Waals surface area contributed by atoms with E-state index in [0.717, 1.165) is 11.6 Å².